The van der Waals surface area contributed by atoms with Crippen LogP contribution in [0.3, 0.4) is 0 Å². The molecule has 2 heteroatoms. The fourth-order valence-electron chi connectivity index (χ4n) is 0.635. The lowest BCUT2D eigenvalue weighted by Crippen LogP contribution is -1.84. The summed E-state index contributed by atoms with van der Waals surface area (Å²) in [7, 11) is 0. The highest BCUT2D eigenvalue weighted by atomic mass is 16.4. The summed E-state index contributed by atoms with van der Waals surface area (Å²) in [6, 6.07) is 0. The molecule has 0 atom stereocenters. The van der Waals surface area contributed by atoms with E-state index in [4.69, 9.17) is 5.11 Å². The van der Waals surface area contributed by atoms with Crippen molar-refractivity contribution in [3.05, 3.63) is 24.3 Å². The van der Waals surface area contributed by atoms with Crippen molar-refractivity contribution in [3.8, 4) is 0 Å². The smallest absolute Gasteiger partial charge is 0.328 e. The maximum absolute atomic E-state index is 9.97. The number of carbonyl (C=O) groups is 1. The lowest BCUT2D eigenvalue weighted by molar-refractivity contribution is -0.131. The van der Waals surface area contributed by atoms with Gasteiger partial charge in [0, 0.05) is 6.08 Å². The molecule has 0 aromatic carbocycles. The molecule has 62 valence electrons. The fourth-order valence-corrected chi connectivity index (χ4v) is 0.635. The van der Waals surface area contributed by atoms with E-state index < -0.39 is 5.97 Å². The van der Waals surface area contributed by atoms with E-state index in [0.29, 0.717) is 0 Å². The molecule has 11 heavy (non-hydrogen) atoms. The van der Waals surface area contributed by atoms with Crippen molar-refractivity contribution in [2.45, 2.75) is 26.2 Å². The average Bonchev–Trinajstić information content (AvgIpc) is 1.96. The largest absolute Gasteiger partial charge is 0.478 e. The summed E-state index contributed by atoms with van der Waals surface area (Å²) in [5, 5.41) is 8.20. The van der Waals surface area contributed by atoms with Gasteiger partial charge in [-0.25, -0.2) is 4.79 Å². The molecule has 0 rings (SSSR count). The lowest BCUT2D eigenvalue weighted by Gasteiger charge is -1.85. The van der Waals surface area contributed by atoms with Gasteiger partial charge < -0.3 is 5.11 Å². The predicted molar refractivity (Wildman–Crippen MR) is 45.4 cm³/mol. The van der Waals surface area contributed by atoms with E-state index in [2.05, 4.69) is 6.92 Å². The van der Waals surface area contributed by atoms with Crippen molar-refractivity contribution < 1.29 is 9.90 Å². The van der Waals surface area contributed by atoms with E-state index in [9.17, 15) is 4.79 Å². The van der Waals surface area contributed by atoms with Gasteiger partial charge in [0.1, 0.15) is 0 Å². The second-order valence-electron chi connectivity index (χ2n) is 2.27. The molecule has 0 saturated carbocycles. The van der Waals surface area contributed by atoms with Gasteiger partial charge in [-0.15, -0.1) is 0 Å². The van der Waals surface area contributed by atoms with Crippen molar-refractivity contribution in [1.29, 1.82) is 0 Å². The van der Waals surface area contributed by atoms with Gasteiger partial charge in [0.15, 0.2) is 0 Å². The van der Waals surface area contributed by atoms with Crippen LogP contribution in [0.15, 0.2) is 24.3 Å². The molecule has 0 aliphatic heterocycles. The normalized spacial score (nSPS) is 11.4. The predicted octanol–water partition coefficient (Wildman–Crippen LogP) is 2.37. The van der Waals surface area contributed by atoms with Crippen LogP contribution in [0.1, 0.15) is 26.2 Å². The summed E-state index contributed by atoms with van der Waals surface area (Å²) in [6.45, 7) is 2.13. The van der Waals surface area contributed by atoms with Crippen LogP contribution in [0.5, 0.6) is 0 Å². The molecule has 0 heterocycles. The SMILES string of the molecule is CCCC/C=C/C=C/C(=O)O. The van der Waals surface area contributed by atoms with Crippen LogP contribution in [-0.4, -0.2) is 11.1 Å². The molecule has 0 aromatic rings. The number of carboxylic acids is 1. The molecule has 0 fully saturated rings. The highest BCUT2D eigenvalue weighted by molar-refractivity contribution is 5.80. The quantitative estimate of drug-likeness (QED) is 0.375. The third kappa shape index (κ3) is 8.95. The first-order valence-corrected chi connectivity index (χ1v) is 3.83. The number of hydrogen-bond acceptors (Lipinski definition) is 1. The van der Waals surface area contributed by atoms with Gasteiger partial charge in [0.25, 0.3) is 0 Å². The molecule has 0 amide bonds. The Hall–Kier alpha value is -1.05. The monoisotopic (exact) mass is 154 g/mol. The number of allylic oxidation sites excluding steroid dienone is 3. The minimum absolute atomic E-state index is 0.898. The van der Waals surface area contributed by atoms with Crippen LogP contribution < -0.4 is 0 Å². The van der Waals surface area contributed by atoms with Crippen molar-refractivity contribution in [2.24, 2.45) is 0 Å². The average molecular weight is 154 g/mol. The number of hydrogen-bond donors (Lipinski definition) is 1. The van der Waals surface area contributed by atoms with E-state index in [1.807, 2.05) is 6.08 Å². The Morgan fingerprint density at radius 1 is 1.45 bits per heavy atom. The van der Waals surface area contributed by atoms with Gasteiger partial charge in [-0.3, -0.25) is 0 Å². The van der Waals surface area contributed by atoms with Gasteiger partial charge in [-0.1, -0.05) is 38.0 Å². The van der Waals surface area contributed by atoms with E-state index in [1.54, 1.807) is 6.08 Å². The van der Waals surface area contributed by atoms with Gasteiger partial charge in [0.2, 0.25) is 0 Å². The molecule has 0 unspecified atom stereocenters. The standard InChI is InChI=1S/C9H14O2/c1-2-3-4-5-6-7-8-9(10)11/h5-8H,2-4H2,1H3,(H,10,11)/b6-5+,8-7+. The molecule has 0 aliphatic carbocycles. The Morgan fingerprint density at radius 2 is 2.18 bits per heavy atom. The molecule has 0 aromatic heterocycles. The maximum Gasteiger partial charge on any atom is 0.328 e. The van der Waals surface area contributed by atoms with Crippen LogP contribution in [0.25, 0.3) is 0 Å². The Balaban J connectivity index is 3.36. The third-order valence-corrected chi connectivity index (χ3v) is 1.21. The highest BCUT2D eigenvalue weighted by Gasteiger charge is 1.80. The molecule has 0 aliphatic rings. The van der Waals surface area contributed by atoms with Gasteiger partial charge in [-0.2, -0.15) is 0 Å². The molecule has 2 nitrogen and oxygen atoms in total. The van der Waals surface area contributed by atoms with E-state index in [1.165, 1.54) is 12.5 Å². The Morgan fingerprint density at radius 3 is 2.73 bits per heavy atom. The van der Waals surface area contributed by atoms with Crippen LogP contribution in [0, 0.1) is 0 Å². The lowest BCUT2D eigenvalue weighted by atomic mass is 10.2. The van der Waals surface area contributed by atoms with Crippen LogP contribution >= 0.6 is 0 Å². The Kier molecular flexibility index (Phi) is 6.39. The molecular formula is C9H14O2. The zero-order chi connectivity index (χ0) is 8.53. The maximum atomic E-state index is 9.97. The molecule has 0 saturated heterocycles. The van der Waals surface area contributed by atoms with Crippen LogP contribution in [0.2, 0.25) is 0 Å². The first-order chi connectivity index (χ1) is 5.27. The zero-order valence-corrected chi connectivity index (χ0v) is 6.79. The second kappa shape index (κ2) is 7.06. The van der Waals surface area contributed by atoms with Crippen molar-refractivity contribution in [3.63, 3.8) is 0 Å². The van der Waals surface area contributed by atoms with Crippen LogP contribution in [-0.2, 0) is 4.79 Å². The second-order valence-corrected chi connectivity index (χ2v) is 2.27. The summed E-state index contributed by atoms with van der Waals surface area (Å²) >= 11 is 0. The van der Waals surface area contributed by atoms with Gasteiger partial charge >= 0.3 is 5.97 Å². The molecule has 0 spiro atoms. The first-order valence-electron chi connectivity index (χ1n) is 3.83. The third-order valence-electron chi connectivity index (χ3n) is 1.21. The summed E-state index contributed by atoms with van der Waals surface area (Å²) < 4.78 is 0. The molecule has 1 N–H and O–H groups in total. The van der Waals surface area contributed by atoms with E-state index in [-0.39, 0.29) is 0 Å². The zero-order valence-electron chi connectivity index (χ0n) is 6.79. The van der Waals surface area contributed by atoms with Crippen molar-refractivity contribution in [2.75, 3.05) is 0 Å². The summed E-state index contributed by atoms with van der Waals surface area (Å²) in [6.07, 6.45) is 9.78. The van der Waals surface area contributed by atoms with Crippen molar-refractivity contribution >= 4 is 5.97 Å². The fraction of sp³-hybridized carbons (Fsp3) is 0.444. The van der Waals surface area contributed by atoms with E-state index >= 15 is 0 Å². The Labute approximate surface area is 67.2 Å². The van der Waals surface area contributed by atoms with Crippen molar-refractivity contribution in [1.82, 2.24) is 0 Å². The highest BCUT2D eigenvalue weighted by Crippen LogP contribution is 1.94. The number of unbranched alkanes of at least 4 members (excludes halogenated alkanes) is 2. The number of carboxylic acid groups (broad SMARTS) is 1. The molecule has 0 bridgehead atoms. The summed E-state index contributed by atoms with van der Waals surface area (Å²) in [5.74, 6) is -0.898. The number of aliphatic carboxylic acids is 1. The minimum atomic E-state index is -0.898. The first kappa shape index (κ1) is 9.95. The Bertz CT molecular complexity index is 157. The summed E-state index contributed by atoms with van der Waals surface area (Å²) in [5.41, 5.74) is 0. The van der Waals surface area contributed by atoms with Gasteiger partial charge in [0.05, 0.1) is 0 Å². The topological polar surface area (TPSA) is 37.3 Å². The number of rotatable bonds is 5. The van der Waals surface area contributed by atoms with E-state index in [0.717, 1.165) is 18.9 Å². The summed E-state index contributed by atoms with van der Waals surface area (Å²) in [4.78, 5) is 9.97. The van der Waals surface area contributed by atoms with Crippen LogP contribution in [0.4, 0.5) is 0 Å². The molecular weight excluding hydrogens is 140 g/mol. The van der Waals surface area contributed by atoms with Gasteiger partial charge in [-0.05, 0) is 6.42 Å². The molecule has 0 radical (unpaired) electrons. The minimum Gasteiger partial charge on any atom is -0.478 e.